The predicted molar refractivity (Wildman–Crippen MR) is 111 cm³/mol. The molecule has 2 heterocycles. The number of anilines is 2. The summed E-state index contributed by atoms with van der Waals surface area (Å²) in [5.41, 5.74) is -0.139. The summed E-state index contributed by atoms with van der Waals surface area (Å²) in [6.45, 7) is 8.07. The monoisotopic (exact) mass is 440 g/mol. The lowest BCUT2D eigenvalue weighted by Crippen LogP contribution is -2.37. The molecule has 1 aromatic heterocycles. The van der Waals surface area contributed by atoms with Crippen LogP contribution in [0.1, 0.15) is 32.6 Å². The molecule has 0 saturated carbocycles. The highest BCUT2D eigenvalue weighted by molar-refractivity contribution is 6.30. The van der Waals surface area contributed by atoms with Crippen molar-refractivity contribution >= 4 is 29.3 Å². The smallest absolute Gasteiger partial charge is 0.407 e. The minimum Gasteiger partial charge on any atom is -0.444 e. The van der Waals surface area contributed by atoms with Gasteiger partial charge in [-0.1, -0.05) is 11.6 Å². The van der Waals surface area contributed by atoms with Gasteiger partial charge in [-0.3, -0.25) is 5.10 Å². The summed E-state index contributed by atoms with van der Waals surface area (Å²) >= 11 is 5.77. The predicted octanol–water partition coefficient (Wildman–Crippen LogP) is 3.11. The second-order valence-corrected chi connectivity index (χ2v) is 8.24. The number of aromatic amines is 1. The first-order chi connectivity index (χ1) is 14.2. The first-order valence-corrected chi connectivity index (χ1v) is 10.0. The van der Waals surface area contributed by atoms with Gasteiger partial charge in [0.25, 0.3) is 0 Å². The summed E-state index contributed by atoms with van der Waals surface area (Å²) in [4.78, 5) is 18.6. The van der Waals surface area contributed by atoms with E-state index in [-0.39, 0.29) is 11.6 Å². The molecular formula is C19H26ClFN6O3. The highest BCUT2D eigenvalue weighted by Gasteiger charge is 2.23. The topological polar surface area (TPSA) is 104 Å². The van der Waals surface area contributed by atoms with Crippen molar-refractivity contribution in [2.45, 2.75) is 32.4 Å². The lowest BCUT2D eigenvalue weighted by atomic mass is 10.2. The summed E-state index contributed by atoms with van der Waals surface area (Å²) in [5.74, 6) is 0.481. The summed E-state index contributed by atoms with van der Waals surface area (Å²) < 4.78 is 24.5. The van der Waals surface area contributed by atoms with Crippen molar-refractivity contribution in [2.75, 3.05) is 43.1 Å². The fraction of sp³-hybridized carbons (Fsp3) is 0.526. The average molecular weight is 441 g/mol. The van der Waals surface area contributed by atoms with Crippen LogP contribution < -0.4 is 15.5 Å². The van der Waals surface area contributed by atoms with E-state index in [0.29, 0.717) is 43.8 Å². The van der Waals surface area contributed by atoms with Crippen LogP contribution in [0.5, 0.6) is 0 Å². The zero-order chi connectivity index (χ0) is 21.7. The third kappa shape index (κ3) is 6.20. The number of nitrogens with zero attached hydrogens (tertiary/aromatic N) is 3. The number of carbonyl (C=O) groups is 1. The number of benzene rings is 1. The van der Waals surface area contributed by atoms with E-state index in [9.17, 15) is 9.18 Å². The molecule has 1 aliphatic rings. The van der Waals surface area contributed by atoms with Crippen LogP contribution in [0.4, 0.5) is 20.8 Å². The highest BCUT2D eigenvalue weighted by Crippen LogP contribution is 2.23. The van der Waals surface area contributed by atoms with Crippen molar-refractivity contribution in [1.82, 2.24) is 20.5 Å². The van der Waals surface area contributed by atoms with E-state index in [1.54, 1.807) is 26.8 Å². The van der Waals surface area contributed by atoms with Crippen LogP contribution in [0.2, 0.25) is 5.02 Å². The second-order valence-electron chi connectivity index (χ2n) is 7.83. The number of halogens is 2. The Balaban J connectivity index is 1.75. The molecule has 11 heteroatoms. The molecule has 2 aromatic rings. The Kier molecular flexibility index (Phi) is 6.99. The third-order valence-electron chi connectivity index (χ3n) is 4.22. The Hall–Kier alpha value is -2.59. The second kappa shape index (κ2) is 9.48. The van der Waals surface area contributed by atoms with E-state index in [1.165, 1.54) is 12.1 Å². The van der Waals surface area contributed by atoms with E-state index < -0.39 is 23.6 Å². The molecule has 1 fully saturated rings. The minimum absolute atomic E-state index is 0.0262. The van der Waals surface area contributed by atoms with Crippen molar-refractivity contribution < 1.29 is 18.7 Å². The largest absolute Gasteiger partial charge is 0.444 e. The quantitative estimate of drug-likeness (QED) is 0.633. The van der Waals surface area contributed by atoms with Gasteiger partial charge in [0.1, 0.15) is 17.5 Å². The van der Waals surface area contributed by atoms with Crippen LogP contribution in [0, 0.1) is 5.82 Å². The average Bonchev–Trinajstić information content (AvgIpc) is 3.17. The van der Waals surface area contributed by atoms with Gasteiger partial charge in [0, 0.05) is 25.3 Å². The summed E-state index contributed by atoms with van der Waals surface area (Å²) in [6.07, 6.45) is -0.565. The van der Waals surface area contributed by atoms with Gasteiger partial charge in [-0.05, 0) is 39.0 Å². The molecule has 1 atom stereocenters. The molecule has 1 unspecified atom stereocenters. The van der Waals surface area contributed by atoms with Crippen LogP contribution >= 0.6 is 11.6 Å². The fourth-order valence-corrected chi connectivity index (χ4v) is 2.95. The Morgan fingerprint density at radius 2 is 2.13 bits per heavy atom. The first-order valence-electron chi connectivity index (χ1n) is 9.65. The Morgan fingerprint density at radius 1 is 1.40 bits per heavy atom. The number of H-pyrrole nitrogens is 1. The number of carbonyl (C=O) groups excluding carboxylic acids is 1. The molecule has 3 N–H and O–H groups in total. The number of aromatic nitrogens is 3. The van der Waals surface area contributed by atoms with Gasteiger partial charge < -0.3 is 25.0 Å². The number of amides is 1. The van der Waals surface area contributed by atoms with Crippen molar-refractivity contribution in [3.05, 3.63) is 34.9 Å². The maximum Gasteiger partial charge on any atom is 0.407 e. The van der Waals surface area contributed by atoms with Gasteiger partial charge in [0.2, 0.25) is 5.95 Å². The van der Waals surface area contributed by atoms with Gasteiger partial charge in [0.15, 0.2) is 5.82 Å². The van der Waals surface area contributed by atoms with E-state index in [0.717, 1.165) is 0 Å². The van der Waals surface area contributed by atoms with Crippen molar-refractivity contribution in [3.8, 4) is 0 Å². The van der Waals surface area contributed by atoms with Gasteiger partial charge in [-0.2, -0.15) is 4.98 Å². The molecule has 30 heavy (non-hydrogen) atoms. The zero-order valence-electron chi connectivity index (χ0n) is 17.2. The van der Waals surface area contributed by atoms with Gasteiger partial charge >= 0.3 is 6.09 Å². The fourth-order valence-electron chi connectivity index (χ4n) is 2.83. The molecule has 0 radical (unpaired) electrons. The molecule has 1 saturated heterocycles. The SMILES string of the molecule is CC(C)(C)OC(=O)NCC(Nc1ccc(Cl)c(F)c1)c1nc(N2CCOCC2)n[nH]1. The van der Waals surface area contributed by atoms with Gasteiger partial charge in [0.05, 0.1) is 18.2 Å². The number of hydrogen-bond acceptors (Lipinski definition) is 7. The molecule has 164 valence electrons. The lowest BCUT2D eigenvalue weighted by Gasteiger charge is -2.25. The molecule has 3 rings (SSSR count). The molecular weight excluding hydrogens is 415 g/mol. The number of morpholine rings is 1. The van der Waals surface area contributed by atoms with Crippen LogP contribution in [0.25, 0.3) is 0 Å². The lowest BCUT2D eigenvalue weighted by molar-refractivity contribution is 0.0525. The van der Waals surface area contributed by atoms with Crippen LogP contribution in [-0.2, 0) is 9.47 Å². The van der Waals surface area contributed by atoms with Gasteiger partial charge in [-0.15, -0.1) is 5.10 Å². The zero-order valence-corrected chi connectivity index (χ0v) is 17.9. The summed E-state index contributed by atoms with van der Waals surface area (Å²) in [5, 5.41) is 13.1. The van der Waals surface area contributed by atoms with E-state index in [1.807, 2.05) is 4.90 Å². The maximum atomic E-state index is 13.9. The van der Waals surface area contributed by atoms with Crippen molar-refractivity contribution in [1.29, 1.82) is 0 Å². The maximum absolute atomic E-state index is 13.9. The number of nitrogens with one attached hydrogen (secondary N) is 3. The minimum atomic E-state index is -0.623. The Labute approximate surface area is 179 Å². The van der Waals surface area contributed by atoms with Crippen molar-refractivity contribution in [2.24, 2.45) is 0 Å². The van der Waals surface area contributed by atoms with Crippen molar-refractivity contribution in [3.63, 3.8) is 0 Å². The normalized spacial score (nSPS) is 15.6. The Morgan fingerprint density at radius 3 is 2.80 bits per heavy atom. The van der Waals surface area contributed by atoms with Crippen LogP contribution in [0.3, 0.4) is 0 Å². The van der Waals surface area contributed by atoms with Crippen LogP contribution in [0.15, 0.2) is 18.2 Å². The van der Waals surface area contributed by atoms with Gasteiger partial charge in [-0.25, -0.2) is 9.18 Å². The molecule has 1 aliphatic heterocycles. The molecule has 1 amide bonds. The number of alkyl carbamates (subject to hydrolysis) is 1. The number of rotatable bonds is 6. The standard InChI is InChI=1S/C19H26ClFN6O3/c1-19(2,3)30-18(28)22-11-15(23-12-4-5-13(20)14(21)10-12)16-24-17(26-25-16)27-6-8-29-9-7-27/h4-5,10,15,23H,6-9,11H2,1-3H3,(H,22,28)(H,24,25,26). The molecule has 0 aliphatic carbocycles. The van der Waals surface area contributed by atoms with Crippen LogP contribution in [-0.4, -0.2) is 59.7 Å². The third-order valence-corrected chi connectivity index (χ3v) is 4.53. The van der Waals surface area contributed by atoms with E-state index in [4.69, 9.17) is 21.1 Å². The first kappa shape index (κ1) is 22.1. The number of ether oxygens (including phenoxy) is 2. The summed E-state index contributed by atoms with van der Waals surface area (Å²) in [7, 11) is 0. The molecule has 9 nitrogen and oxygen atoms in total. The summed E-state index contributed by atoms with van der Waals surface area (Å²) in [6, 6.07) is 3.87. The van der Waals surface area contributed by atoms with E-state index >= 15 is 0 Å². The molecule has 1 aromatic carbocycles. The molecule has 0 spiro atoms. The Bertz CT molecular complexity index is 866. The van der Waals surface area contributed by atoms with E-state index in [2.05, 4.69) is 25.8 Å². The molecule has 0 bridgehead atoms. The highest BCUT2D eigenvalue weighted by atomic mass is 35.5. The number of hydrogen-bond donors (Lipinski definition) is 3.